The Morgan fingerprint density at radius 2 is 1.71 bits per heavy atom. The highest BCUT2D eigenvalue weighted by atomic mass is 16.5. The third-order valence-electron chi connectivity index (χ3n) is 7.43. The van der Waals surface area contributed by atoms with Crippen LogP contribution in [0.5, 0.6) is 5.75 Å². The Balaban J connectivity index is 1.67. The zero-order valence-electron chi connectivity index (χ0n) is 20.5. The van der Waals surface area contributed by atoms with E-state index >= 15 is 0 Å². The summed E-state index contributed by atoms with van der Waals surface area (Å²) in [5, 5.41) is 12.1. The SMILES string of the molecule is Cc1ccc2c(oc3c(-c4ccc5c(c4)OCCC5(C)C)c(C#N)ccc32)c1-c1cccc[n+]1C. The van der Waals surface area contributed by atoms with Gasteiger partial charge in [-0.15, -0.1) is 0 Å². The van der Waals surface area contributed by atoms with E-state index < -0.39 is 0 Å². The lowest BCUT2D eigenvalue weighted by molar-refractivity contribution is -0.660. The van der Waals surface area contributed by atoms with E-state index in [1.807, 2.05) is 37.5 Å². The van der Waals surface area contributed by atoms with Gasteiger partial charge in [0.1, 0.15) is 24.0 Å². The lowest BCUT2D eigenvalue weighted by atomic mass is 9.79. The summed E-state index contributed by atoms with van der Waals surface area (Å²) in [6, 6.07) is 23.1. The summed E-state index contributed by atoms with van der Waals surface area (Å²) in [5.41, 5.74) is 8.49. The van der Waals surface area contributed by atoms with Crippen LogP contribution in [0.25, 0.3) is 44.3 Å². The van der Waals surface area contributed by atoms with Crippen molar-refractivity contribution in [3.8, 4) is 34.2 Å². The van der Waals surface area contributed by atoms with Crippen LogP contribution in [-0.2, 0) is 12.5 Å². The van der Waals surface area contributed by atoms with Gasteiger partial charge in [-0.2, -0.15) is 5.26 Å². The van der Waals surface area contributed by atoms with Gasteiger partial charge < -0.3 is 9.15 Å². The molecule has 5 aromatic rings. The fourth-order valence-corrected chi connectivity index (χ4v) is 5.39. The molecule has 0 N–H and O–H groups in total. The molecule has 0 saturated heterocycles. The molecule has 4 nitrogen and oxygen atoms in total. The number of aromatic nitrogens is 1. The van der Waals surface area contributed by atoms with Crippen LogP contribution in [0.1, 0.15) is 37.0 Å². The summed E-state index contributed by atoms with van der Waals surface area (Å²) in [7, 11) is 2.05. The van der Waals surface area contributed by atoms with E-state index in [1.165, 1.54) is 5.56 Å². The highest BCUT2D eigenvalue weighted by molar-refractivity contribution is 6.14. The molecule has 6 rings (SSSR count). The second-order valence-corrected chi connectivity index (χ2v) is 10.1. The molecule has 0 spiro atoms. The molecule has 0 amide bonds. The van der Waals surface area contributed by atoms with Crippen molar-refractivity contribution in [3.63, 3.8) is 0 Å². The molecule has 0 radical (unpaired) electrons. The number of aryl methyl sites for hydroxylation is 2. The summed E-state index contributed by atoms with van der Waals surface area (Å²) < 4.78 is 14.8. The number of nitriles is 1. The van der Waals surface area contributed by atoms with Crippen molar-refractivity contribution in [1.82, 2.24) is 0 Å². The Morgan fingerprint density at radius 3 is 2.49 bits per heavy atom. The third-order valence-corrected chi connectivity index (χ3v) is 7.43. The molecule has 4 heteroatoms. The first-order chi connectivity index (χ1) is 16.9. The van der Waals surface area contributed by atoms with Crippen molar-refractivity contribution in [2.75, 3.05) is 6.61 Å². The number of rotatable bonds is 2. The summed E-state index contributed by atoms with van der Waals surface area (Å²) in [5.74, 6) is 0.892. The van der Waals surface area contributed by atoms with Crippen LogP contribution >= 0.6 is 0 Å². The monoisotopic (exact) mass is 459 g/mol. The molecule has 1 aliphatic rings. The standard InChI is InChI=1S/C31H27N2O2/c1-19-8-11-22-23-12-9-21(18-32)28(20-10-13-24-26(17-20)34-16-14-31(24,2)3)30(23)35-29(22)27(19)25-7-5-6-15-33(25)4/h5-13,15,17H,14,16H2,1-4H3/q+1. The Bertz CT molecular complexity index is 1680. The summed E-state index contributed by atoms with van der Waals surface area (Å²) in [6.07, 6.45) is 3.03. The maximum absolute atomic E-state index is 10.0. The molecule has 0 fully saturated rings. The van der Waals surface area contributed by atoms with Crippen LogP contribution in [0.2, 0.25) is 0 Å². The normalized spacial score (nSPS) is 14.5. The highest BCUT2D eigenvalue weighted by Gasteiger charge is 2.29. The van der Waals surface area contributed by atoms with Crippen molar-refractivity contribution >= 4 is 21.9 Å². The number of hydrogen-bond acceptors (Lipinski definition) is 3. The lowest BCUT2D eigenvalue weighted by Gasteiger charge is -2.32. The van der Waals surface area contributed by atoms with Gasteiger partial charge >= 0.3 is 0 Å². The smallest absolute Gasteiger partial charge is 0.216 e. The molecule has 0 aliphatic carbocycles. The van der Waals surface area contributed by atoms with Crippen LogP contribution in [0.4, 0.5) is 0 Å². The molecule has 0 bridgehead atoms. The molecule has 3 aromatic carbocycles. The molecule has 1 aliphatic heterocycles. The maximum Gasteiger partial charge on any atom is 0.216 e. The van der Waals surface area contributed by atoms with Crippen molar-refractivity contribution < 1.29 is 13.7 Å². The summed E-state index contributed by atoms with van der Waals surface area (Å²) in [4.78, 5) is 0. The quantitative estimate of drug-likeness (QED) is 0.268. The van der Waals surface area contributed by atoms with E-state index in [0.29, 0.717) is 12.2 Å². The first-order valence-corrected chi connectivity index (χ1v) is 12.0. The largest absolute Gasteiger partial charge is 0.493 e. The number of pyridine rings is 1. The fraction of sp³-hybridized carbons (Fsp3) is 0.226. The van der Waals surface area contributed by atoms with Gasteiger partial charge in [0.15, 0.2) is 6.20 Å². The van der Waals surface area contributed by atoms with Crippen molar-refractivity contribution in [2.24, 2.45) is 7.05 Å². The van der Waals surface area contributed by atoms with Crippen LogP contribution < -0.4 is 9.30 Å². The van der Waals surface area contributed by atoms with E-state index in [1.54, 1.807) is 0 Å². The summed E-state index contributed by atoms with van der Waals surface area (Å²) in [6.45, 7) is 7.31. The number of hydrogen-bond donors (Lipinski definition) is 0. The number of furan rings is 1. The van der Waals surface area contributed by atoms with Gasteiger partial charge in [-0.05, 0) is 59.7 Å². The first-order valence-electron chi connectivity index (χ1n) is 12.0. The Hall–Kier alpha value is -4.10. The van der Waals surface area contributed by atoms with Crippen molar-refractivity contribution in [2.45, 2.75) is 32.6 Å². The average molecular weight is 460 g/mol. The number of ether oxygens (including phenoxy) is 1. The van der Waals surface area contributed by atoms with E-state index in [-0.39, 0.29) is 5.41 Å². The van der Waals surface area contributed by atoms with Crippen LogP contribution in [0.3, 0.4) is 0 Å². The minimum absolute atomic E-state index is 0.0627. The Kier molecular flexibility index (Phi) is 4.72. The molecular weight excluding hydrogens is 432 g/mol. The van der Waals surface area contributed by atoms with Gasteiger partial charge in [0.25, 0.3) is 0 Å². The highest BCUT2D eigenvalue weighted by Crippen LogP contribution is 2.45. The van der Waals surface area contributed by atoms with Gasteiger partial charge in [0.05, 0.1) is 23.8 Å². The van der Waals surface area contributed by atoms with Crippen LogP contribution in [0, 0.1) is 18.3 Å². The lowest BCUT2D eigenvalue weighted by Crippen LogP contribution is -2.30. The maximum atomic E-state index is 10.0. The number of benzene rings is 3. The second-order valence-electron chi connectivity index (χ2n) is 10.1. The predicted octanol–water partition coefficient (Wildman–Crippen LogP) is 6.98. The number of fused-ring (bicyclic) bond motifs is 4. The molecule has 0 unspecified atom stereocenters. The average Bonchev–Trinajstić information content (AvgIpc) is 3.22. The topological polar surface area (TPSA) is 50.0 Å². The molecular formula is C31H27N2O2+. The second kappa shape index (κ2) is 7.71. The molecule has 35 heavy (non-hydrogen) atoms. The molecule has 172 valence electrons. The first kappa shape index (κ1) is 21.4. The summed E-state index contributed by atoms with van der Waals surface area (Å²) >= 11 is 0. The van der Waals surface area contributed by atoms with Crippen molar-refractivity contribution in [1.29, 1.82) is 5.26 Å². The minimum Gasteiger partial charge on any atom is -0.493 e. The van der Waals surface area contributed by atoms with E-state index in [2.05, 4.69) is 67.8 Å². The number of nitrogens with zero attached hydrogens (tertiary/aromatic N) is 2. The van der Waals surface area contributed by atoms with Gasteiger partial charge in [0.2, 0.25) is 5.69 Å². The zero-order chi connectivity index (χ0) is 24.3. The van der Waals surface area contributed by atoms with E-state index in [9.17, 15) is 5.26 Å². The third kappa shape index (κ3) is 3.23. The van der Waals surface area contributed by atoms with Crippen molar-refractivity contribution in [3.05, 3.63) is 83.6 Å². The molecule has 0 saturated carbocycles. The van der Waals surface area contributed by atoms with Gasteiger partial charge in [0, 0.05) is 28.5 Å². The van der Waals surface area contributed by atoms with Gasteiger partial charge in [-0.3, -0.25) is 0 Å². The van der Waals surface area contributed by atoms with Gasteiger partial charge in [-0.1, -0.05) is 38.1 Å². The minimum atomic E-state index is 0.0627. The molecule has 2 aromatic heterocycles. The zero-order valence-corrected chi connectivity index (χ0v) is 20.5. The predicted molar refractivity (Wildman–Crippen MR) is 138 cm³/mol. The molecule has 3 heterocycles. The van der Waals surface area contributed by atoms with E-state index in [4.69, 9.17) is 9.15 Å². The van der Waals surface area contributed by atoms with Crippen LogP contribution in [0.15, 0.2) is 71.3 Å². The van der Waals surface area contributed by atoms with E-state index in [0.717, 1.165) is 62.1 Å². The Morgan fingerprint density at radius 1 is 0.943 bits per heavy atom. The Labute approximate surface area is 205 Å². The fourth-order valence-electron chi connectivity index (χ4n) is 5.39. The molecule has 0 atom stereocenters. The van der Waals surface area contributed by atoms with Crippen LogP contribution in [-0.4, -0.2) is 6.61 Å². The van der Waals surface area contributed by atoms with Gasteiger partial charge in [-0.25, -0.2) is 4.57 Å².